The van der Waals surface area contributed by atoms with Crippen LogP contribution in [0.1, 0.15) is 5.56 Å². The monoisotopic (exact) mass is 404 g/mol. The van der Waals surface area contributed by atoms with E-state index in [-0.39, 0.29) is 5.91 Å². The van der Waals surface area contributed by atoms with E-state index in [4.69, 9.17) is 9.73 Å². The number of amides is 1. The number of hydrogen-bond acceptors (Lipinski definition) is 6. The second-order valence-electron chi connectivity index (χ2n) is 6.34. The minimum absolute atomic E-state index is 0.184. The summed E-state index contributed by atoms with van der Waals surface area (Å²) in [7, 11) is 1.64. The predicted octanol–water partition coefficient (Wildman–Crippen LogP) is 2.10. The highest BCUT2D eigenvalue weighted by Gasteiger charge is 2.32. The molecule has 7 heteroatoms. The van der Waals surface area contributed by atoms with Gasteiger partial charge in [-0.25, -0.2) is 5.01 Å². The van der Waals surface area contributed by atoms with Gasteiger partial charge in [0.1, 0.15) is 11.4 Å². The number of amidine groups is 1. The Balaban J connectivity index is 1.74. The van der Waals surface area contributed by atoms with Crippen LogP contribution in [0.3, 0.4) is 0 Å². The third-order valence-corrected chi connectivity index (χ3v) is 5.32. The maximum atomic E-state index is 12.9. The third kappa shape index (κ3) is 3.95. The highest BCUT2D eigenvalue weighted by molar-refractivity contribution is 8.14. The molecule has 1 N–H and O–H groups in total. The number of carbonyl (C=O) groups is 1. The van der Waals surface area contributed by atoms with Gasteiger partial charge in [0, 0.05) is 11.0 Å². The van der Waals surface area contributed by atoms with Crippen molar-refractivity contribution in [3.8, 4) is 5.75 Å². The number of benzene rings is 2. The molecule has 0 radical (unpaired) electrons. The molecule has 2 aliphatic heterocycles. The minimum Gasteiger partial charge on any atom is -0.497 e. The number of hydrogen-bond donors (Lipinski definition) is 1. The molecule has 6 nitrogen and oxygen atoms in total. The van der Waals surface area contributed by atoms with Gasteiger partial charge in [0.05, 0.1) is 12.5 Å². The van der Waals surface area contributed by atoms with Crippen molar-refractivity contribution in [2.75, 3.05) is 12.9 Å². The molecule has 2 aromatic carbocycles. The molecule has 0 aliphatic carbocycles. The van der Waals surface area contributed by atoms with E-state index in [0.29, 0.717) is 16.6 Å². The van der Waals surface area contributed by atoms with Crippen LogP contribution in [0.15, 0.2) is 77.4 Å². The van der Waals surface area contributed by atoms with Crippen molar-refractivity contribution < 1.29 is 9.53 Å². The first-order chi connectivity index (χ1) is 14.2. The van der Waals surface area contributed by atoms with Gasteiger partial charge in [0.25, 0.3) is 5.91 Å². The smallest absolute Gasteiger partial charge is 0.276 e. The molecule has 0 bridgehead atoms. The molecule has 0 saturated carbocycles. The number of ether oxygens (including phenoxy) is 1. The molecule has 1 atom stereocenters. The lowest BCUT2D eigenvalue weighted by Gasteiger charge is -2.32. The fraction of sp³-hybridized carbons (Fsp3) is 0.136. The van der Waals surface area contributed by atoms with Crippen LogP contribution in [0.2, 0.25) is 0 Å². The number of nitrogens with zero attached hydrogens (tertiary/aromatic N) is 3. The minimum atomic E-state index is -0.424. The van der Waals surface area contributed by atoms with E-state index in [0.717, 1.165) is 21.9 Å². The number of nitrogens with one attached hydrogen (secondary N) is 1. The average Bonchev–Trinajstić information content (AvgIpc) is 2.76. The normalized spacial score (nSPS) is 17.8. The molecule has 2 aliphatic rings. The van der Waals surface area contributed by atoms with Crippen LogP contribution in [-0.4, -0.2) is 35.1 Å². The van der Waals surface area contributed by atoms with Gasteiger partial charge >= 0.3 is 0 Å². The summed E-state index contributed by atoms with van der Waals surface area (Å²) in [5.41, 5.74) is 1.51. The zero-order valence-corrected chi connectivity index (χ0v) is 16.7. The Morgan fingerprint density at radius 3 is 2.79 bits per heavy atom. The molecule has 0 unspecified atom stereocenters. The molecule has 2 heterocycles. The summed E-state index contributed by atoms with van der Waals surface area (Å²) in [6.07, 6.45) is 5.26. The van der Waals surface area contributed by atoms with Crippen LogP contribution < -0.4 is 20.6 Å². The molecule has 4 rings (SSSR count). The van der Waals surface area contributed by atoms with E-state index in [9.17, 15) is 4.79 Å². The number of thioether (sulfide) groups is 1. The number of rotatable bonds is 5. The van der Waals surface area contributed by atoms with Gasteiger partial charge in [-0.05, 0) is 29.8 Å². The van der Waals surface area contributed by atoms with Crippen molar-refractivity contribution in [2.24, 2.45) is 10.1 Å². The van der Waals surface area contributed by atoms with E-state index in [1.54, 1.807) is 18.2 Å². The van der Waals surface area contributed by atoms with Crippen molar-refractivity contribution in [2.45, 2.75) is 6.17 Å². The van der Waals surface area contributed by atoms with E-state index >= 15 is 0 Å². The van der Waals surface area contributed by atoms with Crippen LogP contribution in [0.5, 0.6) is 5.75 Å². The Kier molecular flexibility index (Phi) is 5.48. The predicted molar refractivity (Wildman–Crippen MR) is 117 cm³/mol. The molecule has 1 amide bonds. The second-order valence-corrected chi connectivity index (χ2v) is 7.35. The van der Waals surface area contributed by atoms with Crippen molar-refractivity contribution in [1.29, 1.82) is 0 Å². The fourth-order valence-electron chi connectivity index (χ4n) is 3.09. The molecular weight excluding hydrogens is 384 g/mol. The topological polar surface area (TPSA) is 66.3 Å². The number of methoxy groups -OCH3 is 1. The number of fused-ring (bicyclic) bond motifs is 2. The summed E-state index contributed by atoms with van der Waals surface area (Å²) in [4.78, 5) is 17.7. The molecule has 29 heavy (non-hydrogen) atoms. The van der Waals surface area contributed by atoms with Gasteiger partial charge in [-0.1, -0.05) is 54.2 Å². The maximum Gasteiger partial charge on any atom is 0.276 e. The fourth-order valence-corrected chi connectivity index (χ4v) is 3.68. The van der Waals surface area contributed by atoms with Crippen LogP contribution in [0.4, 0.5) is 0 Å². The van der Waals surface area contributed by atoms with Gasteiger partial charge in [-0.2, -0.15) is 0 Å². The summed E-state index contributed by atoms with van der Waals surface area (Å²) in [6, 6.07) is 15.4. The zero-order chi connectivity index (χ0) is 20.2. The Morgan fingerprint density at radius 1 is 1.24 bits per heavy atom. The van der Waals surface area contributed by atoms with E-state index in [1.807, 2.05) is 60.7 Å². The van der Waals surface area contributed by atoms with Gasteiger partial charge < -0.3 is 4.74 Å². The summed E-state index contributed by atoms with van der Waals surface area (Å²) >= 11 is 1.42. The molecule has 0 saturated heterocycles. The van der Waals surface area contributed by atoms with Crippen molar-refractivity contribution in [3.63, 3.8) is 0 Å². The van der Waals surface area contributed by atoms with Gasteiger partial charge in [0.15, 0.2) is 11.3 Å². The van der Waals surface area contributed by atoms with Crippen LogP contribution in [0.25, 0.3) is 11.8 Å². The quantitative estimate of drug-likeness (QED) is 0.775. The first kappa shape index (κ1) is 19.0. The Hall–Kier alpha value is -3.32. The van der Waals surface area contributed by atoms with Gasteiger partial charge in [-0.15, -0.1) is 11.7 Å². The van der Waals surface area contributed by atoms with E-state index < -0.39 is 6.17 Å². The highest BCUT2D eigenvalue weighted by atomic mass is 32.2. The summed E-state index contributed by atoms with van der Waals surface area (Å²) < 4.78 is 5.20. The lowest BCUT2D eigenvalue weighted by atomic mass is 10.1. The summed E-state index contributed by atoms with van der Waals surface area (Å²) in [5.74, 6) is 1.27. The lowest BCUT2D eigenvalue weighted by Crippen LogP contribution is -2.52. The van der Waals surface area contributed by atoms with Gasteiger partial charge in [-0.3, -0.25) is 15.1 Å². The molecule has 0 aromatic heterocycles. The lowest BCUT2D eigenvalue weighted by molar-refractivity contribution is -0.116. The summed E-state index contributed by atoms with van der Waals surface area (Å²) in [5, 5.41) is 11.3. The largest absolute Gasteiger partial charge is 0.497 e. The molecular formula is C22H20N4O2S. The molecule has 146 valence electrons. The standard InChI is InChI=1S/C22H20N4O2S/c1-3-14-29-22-24-21(27)20-17-6-4-5-7-18(17)23-19(26(20)25-22)13-10-15-8-11-16(28-2)12-9-15/h3-13,19H,1,14H2,2H3,(H,24,25,27)/b13-10+/t19-/m1/s1. The highest BCUT2D eigenvalue weighted by Crippen LogP contribution is 2.22. The maximum absolute atomic E-state index is 12.9. The van der Waals surface area contributed by atoms with E-state index in [2.05, 4.69) is 17.0 Å². The van der Waals surface area contributed by atoms with Crippen molar-refractivity contribution in [3.05, 3.63) is 83.4 Å². The molecule has 0 spiro atoms. The number of para-hydroxylation sites is 1. The van der Waals surface area contributed by atoms with Crippen LogP contribution in [0, 0.1) is 0 Å². The SMILES string of the molecule is C=CCSC1=NN2C(=c3ccccc3=N[C@H]2/C=C/c2ccc(OC)cc2)C(=O)N1. The zero-order valence-electron chi connectivity index (χ0n) is 15.9. The van der Waals surface area contributed by atoms with E-state index in [1.165, 1.54) is 11.8 Å². The van der Waals surface area contributed by atoms with Crippen molar-refractivity contribution >= 4 is 34.6 Å². The van der Waals surface area contributed by atoms with Gasteiger partial charge in [0.2, 0.25) is 0 Å². The molecule has 0 fully saturated rings. The first-order valence-electron chi connectivity index (χ1n) is 9.12. The second kappa shape index (κ2) is 8.36. The Labute approximate surface area is 173 Å². The van der Waals surface area contributed by atoms with Crippen LogP contribution in [-0.2, 0) is 4.79 Å². The number of carbonyl (C=O) groups excluding carboxylic acids is 1. The number of hydrazone groups is 1. The molecule has 2 aromatic rings. The summed E-state index contributed by atoms with van der Waals surface area (Å²) in [6.45, 7) is 3.72. The Bertz CT molecular complexity index is 1120. The third-order valence-electron chi connectivity index (χ3n) is 4.46. The first-order valence-corrected chi connectivity index (χ1v) is 10.1. The average molecular weight is 404 g/mol. The van der Waals surface area contributed by atoms with Crippen LogP contribution >= 0.6 is 11.8 Å². The van der Waals surface area contributed by atoms with Crippen molar-refractivity contribution in [1.82, 2.24) is 10.3 Å². The Morgan fingerprint density at radius 2 is 2.03 bits per heavy atom.